The molecule has 0 aromatic heterocycles. The second kappa shape index (κ2) is 8.18. The van der Waals surface area contributed by atoms with Crippen LogP contribution in [-0.2, 0) is 16.0 Å². The number of aliphatic hydroxyl groups excluding tert-OH is 5. The standard InChI is InChI=1S/C24H32O9/c1-24-7-6-13-12-5-3-11(32-23-19(28)17(26)18(27)20(33-23)22(30)31)8-10(12)2-4-14(13)15(24)9-16(25)21(24)29/h3,5,8,13-21,23,25-29H,2,4,6-7,9H2,1H3,(H,30,31)/t13-,14+,15+,16-,17+,18+,19-,20+,21+,23?,24+/m1/s1. The second-order valence-electron chi connectivity index (χ2n) is 10.4. The molecule has 1 aromatic carbocycles. The van der Waals surface area contributed by atoms with Gasteiger partial charge in [-0.1, -0.05) is 13.0 Å². The van der Waals surface area contributed by atoms with Gasteiger partial charge in [0, 0.05) is 0 Å². The van der Waals surface area contributed by atoms with Crippen LogP contribution >= 0.6 is 0 Å². The number of fused-ring (bicyclic) bond motifs is 5. The Morgan fingerprint density at radius 2 is 1.85 bits per heavy atom. The lowest BCUT2D eigenvalue weighted by atomic mass is 9.55. The van der Waals surface area contributed by atoms with Crippen molar-refractivity contribution in [2.75, 3.05) is 0 Å². The molecule has 2 saturated carbocycles. The van der Waals surface area contributed by atoms with Crippen molar-refractivity contribution in [2.24, 2.45) is 17.3 Å². The number of aryl methyl sites for hydroxylation is 1. The van der Waals surface area contributed by atoms with Crippen LogP contribution in [0.3, 0.4) is 0 Å². The Hall–Kier alpha value is -1.75. The minimum atomic E-state index is -1.76. The average molecular weight is 465 g/mol. The Kier molecular flexibility index (Phi) is 5.70. The normalized spacial score (nSPS) is 46.7. The third-order valence-corrected chi connectivity index (χ3v) is 8.74. The molecule has 3 fully saturated rings. The zero-order chi connectivity index (χ0) is 23.7. The van der Waals surface area contributed by atoms with Crippen LogP contribution < -0.4 is 4.74 Å². The predicted molar refractivity (Wildman–Crippen MR) is 113 cm³/mol. The largest absolute Gasteiger partial charge is 0.479 e. The summed E-state index contributed by atoms with van der Waals surface area (Å²) < 4.78 is 10.9. The molecule has 1 aliphatic heterocycles. The highest BCUT2D eigenvalue weighted by molar-refractivity contribution is 5.73. The molecule has 9 nitrogen and oxygen atoms in total. The summed E-state index contributed by atoms with van der Waals surface area (Å²) in [6.45, 7) is 2.10. The molecule has 4 aliphatic rings. The summed E-state index contributed by atoms with van der Waals surface area (Å²) in [5.74, 6) is -0.0622. The summed E-state index contributed by atoms with van der Waals surface area (Å²) in [7, 11) is 0. The highest BCUT2D eigenvalue weighted by Gasteiger charge is 2.57. The van der Waals surface area contributed by atoms with E-state index in [4.69, 9.17) is 9.47 Å². The van der Waals surface area contributed by atoms with Crippen LogP contribution in [0.15, 0.2) is 18.2 Å². The zero-order valence-corrected chi connectivity index (χ0v) is 18.4. The van der Waals surface area contributed by atoms with Crippen molar-refractivity contribution in [1.82, 2.24) is 0 Å². The van der Waals surface area contributed by atoms with Gasteiger partial charge in [0.1, 0.15) is 24.1 Å². The SMILES string of the molecule is C[C@]12CC[C@@H]3c4ccc(OC5O[C@H](C(=O)O)[C@@H](O)[C@H](O)[C@H]5O)cc4CC[C@@H]3[C@@H]1C[C@@H](O)[C@@H]2O. The molecule has 0 amide bonds. The molecule has 6 N–H and O–H groups in total. The van der Waals surface area contributed by atoms with Gasteiger partial charge in [0.25, 0.3) is 0 Å². The number of hydrogen-bond donors (Lipinski definition) is 6. The van der Waals surface area contributed by atoms with E-state index in [1.165, 1.54) is 5.56 Å². The molecule has 1 aromatic rings. The van der Waals surface area contributed by atoms with E-state index in [0.717, 1.165) is 31.2 Å². The summed E-state index contributed by atoms with van der Waals surface area (Å²) in [5.41, 5.74) is 2.08. The molecule has 0 radical (unpaired) electrons. The van der Waals surface area contributed by atoms with E-state index in [-0.39, 0.29) is 11.3 Å². The molecule has 33 heavy (non-hydrogen) atoms. The number of benzene rings is 1. The number of carboxylic acids is 1. The zero-order valence-electron chi connectivity index (χ0n) is 18.4. The minimum Gasteiger partial charge on any atom is -0.479 e. The van der Waals surface area contributed by atoms with Crippen LogP contribution in [0.2, 0.25) is 0 Å². The molecular formula is C24H32O9. The van der Waals surface area contributed by atoms with Gasteiger partial charge in [-0.2, -0.15) is 0 Å². The average Bonchev–Trinajstić information content (AvgIpc) is 3.02. The van der Waals surface area contributed by atoms with E-state index in [0.29, 0.717) is 24.0 Å². The van der Waals surface area contributed by atoms with Crippen LogP contribution in [-0.4, -0.2) is 79.5 Å². The fraction of sp³-hybridized carbons (Fsp3) is 0.708. The molecule has 11 atom stereocenters. The van der Waals surface area contributed by atoms with Gasteiger partial charge in [0.05, 0.1) is 12.2 Å². The summed E-state index contributed by atoms with van der Waals surface area (Å²) in [4.78, 5) is 11.3. The number of aliphatic carboxylic acids is 1. The lowest BCUT2D eigenvalue weighted by molar-refractivity contribution is -0.271. The summed E-state index contributed by atoms with van der Waals surface area (Å²) in [5, 5.41) is 60.2. The highest BCUT2D eigenvalue weighted by atomic mass is 16.7. The third-order valence-electron chi connectivity index (χ3n) is 8.74. The quantitative estimate of drug-likeness (QED) is 0.366. The van der Waals surface area contributed by atoms with Crippen LogP contribution in [0, 0.1) is 17.3 Å². The van der Waals surface area contributed by atoms with E-state index in [1.54, 1.807) is 6.07 Å². The van der Waals surface area contributed by atoms with Gasteiger partial charge in [-0.15, -0.1) is 0 Å². The first-order valence-corrected chi connectivity index (χ1v) is 11.7. The summed E-state index contributed by atoms with van der Waals surface area (Å²) >= 11 is 0. The lowest BCUT2D eigenvalue weighted by Gasteiger charge is -2.50. The summed E-state index contributed by atoms with van der Waals surface area (Å²) in [6.07, 6.45) is -5.40. The maximum absolute atomic E-state index is 11.3. The topological polar surface area (TPSA) is 157 Å². The first kappa shape index (κ1) is 23.0. The molecular weight excluding hydrogens is 432 g/mol. The number of carbonyl (C=O) groups is 1. The molecule has 1 unspecified atom stereocenters. The smallest absolute Gasteiger partial charge is 0.335 e. The first-order valence-electron chi connectivity index (χ1n) is 11.7. The first-order chi connectivity index (χ1) is 15.6. The van der Waals surface area contributed by atoms with E-state index in [9.17, 15) is 35.4 Å². The van der Waals surface area contributed by atoms with Crippen LogP contribution in [0.5, 0.6) is 5.75 Å². The molecule has 9 heteroatoms. The maximum Gasteiger partial charge on any atom is 0.335 e. The van der Waals surface area contributed by atoms with Gasteiger partial charge in [0.15, 0.2) is 6.10 Å². The number of carboxylic acid groups (broad SMARTS) is 1. The van der Waals surface area contributed by atoms with Crippen molar-refractivity contribution in [3.63, 3.8) is 0 Å². The predicted octanol–water partition coefficient (Wildman–Crippen LogP) is 0.145. The van der Waals surface area contributed by atoms with Crippen molar-refractivity contribution in [1.29, 1.82) is 0 Å². The fourth-order valence-electron chi connectivity index (χ4n) is 6.90. The third kappa shape index (κ3) is 3.57. The van der Waals surface area contributed by atoms with Crippen LogP contribution in [0.4, 0.5) is 0 Å². The van der Waals surface area contributed by atoms with Crippen molar-refractivity contribution in [3.05, 3.63) is 29.3 Å². The van der Waals surface area contributed by atoms with Gasteiger partial charge >= 0.3 is 5.97 Å². The van der Waals surface area contributed by atoms with Gasteiger partial charge in [0.2, 0.25) is 6.29 Å². The van der Waals surface area contributed by atoms with E-state index >= 15 is 0 Å². The lowest BCUT2D eigenvalue weighted by Crippen LogP contribution is -2.61. The second-order valence-corrected chi connectivity index (χ2v) is 10.4. The monoisotopic (exact) mass is 464 g/mol. The van der Waals surface area contributed by atoms with Crippen LogP contribution in [0.25, 0.3) is 0 Å². The van der Waals surface area contributed by atoms with Gasteiger partial charge in [-0.05, 0) is 78.5 Å². The minimum absolute atomic E-state index is 0.248. The van der Waals surface area contributed by atoms with Gasteiger partial charge in [-0.3, -0.25) is 0 Å². The van der Waals surface area contributed by atoms with E-state index < -0.39 is 48.9 Å². The van der Waals surface area contributed by atoms with Crippen molar-refractivity contribution in [3.8, 4) is 5.75 Å². The van der Waals surface area contributed by atoms with E-state index in [2.05, 4.69) is 6.92 Å². The Labute approximate surface area is 191 Å². The number of ether oxygens (including phenoxy) is 2. The van der Waals surface area contributed by atoms with Crippen molar-refractivity contribution in [2.45, 2.75) is 87.9 Å². The van der Waals surface area contributed by atoms with Crippen LogP contribution in [0.1, 0.15) is 49.7 Å². The highest BCUT2D eigenvalue weighted by Crippen LogP contribution is 2.61. The molecule has 1 saturated heterocycles. The molecule has 182 valence electrons. The maximum atomic E-state index is 11.3. The Morgan fingerprint density at radius 3 is 2.58 bits per heavy atom. The fourth-order valence-corrected chi connectivity index (χ4v) is 6.90. The number of rotatable bonds is 3. The van der Waals surface area contributed by atoms with Crippen molar-refractivity contribution >= 4 is 5.97 Å². The van der Waals surface area contributed by atoms with Gasteiger partial charge < -0.3 is 40.1 Å². The number of hydrogen-bond acceptors (Lipinski definition) is 8. The molecule has 1 heterocycles. The Balaban J connectivity index is 1.34. The Bertz CT molecular complexity index is 921. The Morgan fingerprint density at radius 1 is 1.09 bits per heavy atom. The van der Waals surface area contributed by atoms with E-state index in [1.807, 2.05) is 12.1 Å². The van der Waals surface area contributed by atoms with Crippen molar-refractivity contribution < 1.29 is 44.9 Å². The molecule has 3 aliphatic carbocycles. The molecule has 0 bridgehead atoms. The molecule has 5 rings (SSSR count). The molecule has 0 spiro atoms. The number of aliphatic hydroxyl groups is 5. The summed E-state index contributed by atoms with van der Waals surface area (Å²) in [6, 6.07) is 5.60. The van der Waals surface area contributed by atoms with Gasteiger partial charge in [-0.25, -0.2) is 4.79 Å².